The normalized spacial score (nSPS) is 35.4. The fourth-order valence-corrected chi connectivity index (χ4v) is 2.17. The Bertz CT molecular complexity index is 308. The molecule has 0 aromatic rings. The molecule has 0 bridgehead atoms. The van der Waals surface area contributed by atoms with E-state index in [-0.39, 0.29) is 10.6 Å². The second-order valence-electron chi connectivity index (χ2n) is 4.41. The van der Waals surface area contributed by atoms with E-state index in [9.17, 15) is 10.1 Å². The average Bonchev–Trinajstić information content (AvgIpc) is 2.65. The standard InChI is InChI=1S/C9H17N5O2/c1-9(11-2-3-12-9)7-13-5-4-10-6-8(13)14(15)16/h2,8,10,12H,3-7H2,1H3/t8-,9?/m0/s1. The third-order valence-electron chi connectivity index (χ3n) is 3.03. The monoisotopic (exact) mass is 227 g/mol. The molecule has 90 valence electrons. The van der Waals surface area contributed by atoms with E-state index in [4.69, 9.17) is 0 Å². The number of nitro groups is 1. The van der Waals surface area contributed by atoms with Crippen LogP contribution in [0.2, 0.25) is 0 Å². The average molecular weight is 227 g/mol. The topological polar surface area (TPSA) is 82.8 Å². The van der Waals surface area contributed by atoms with Gasteiger partial charge in [-0.25, -0.2) is 4.90 Å². The Morgan fingerprint density at radius 1 is 1.75 bits per heavy atom. The second-order valence-corrected chi connectivity index (χ2v) is 4.41. The maximum atomic E-state index is 10.9. The summed E-state index contributed by atoms with van der Waals surface area (Å²) in [5.41, 5.74) is -0.369. The Kier molecular flexibility index (Phi) is 3.17. The van der Waals surface area contributed by atoms with Crippen molar-refractivity contribution >= 4 is 6.21 Å². The molecule has 2 N–H and O–H groups in total. The van der Waals surface area contributed by atoms with Crippen molar-refractivity contribution in [3.63, 3.8) is 0 Å². The van der Waals surface area contributed by atoms with E-state index in [1.54, 1.807) is 0 Å². The van der Waals surface area contributed by atoms with E-state index in [2.05, 4.69) is 15.6 Å². The lowest BCUT2D eigenvalue weighted by atomic mass is 10.1. The third-order valence-corrected chi connectivity index (χ3v) is 3.03. The lowest BCUT2D eigenvalue weighted by molar-refractivity contribution is -0.551. The van der Waals surface area contributed by atoms with Gasteiger partial charge in [-0.15, -0.1) is 0 Å². The van der Waals surface area contributed by atoms with Crippen molar-refractivity contribution in [1.82, 2.24) is 15.5 Å². The van der Waals surface area contributed by atoms with Crippen LogP contribution in [0, 0.1) is 10.1 Å². The summed E-state index contributed by atoms with van der Waals surface area (Å²) in [4.78, 5) is 16.9. The fourth-order valence-electron chi connectivity index (χ4n) is 2.17. The number of piperazine rings is 1. The van der Waals surface area contributed by atoms with Crippen LogP contribution < -0.4 is 10.6 Å². The first-order chi connectivity index (χ1) is 7.61. The van der Waals surface area contributed by atoms with Gasteiger partial charge in [0.05, 0.1) is 6.54 Å². The van der Waals surface area contributed by atoms with Crippen LogP contribution in [0.15, 0.2) is 4.99 Å². The summed E-state index contributed by atoms with van der Waals surface area (Å²) in [6, 6.07) is 0. The summed E-state index contributed by atoms with van der Waals surface area (Å²) < 4.78 is 0. The van der Waals surface area contributed by atoms with Crippen LogP contribution in [0.25, 0.3) is 0 Å². The SMILES string of the molecule is CC1(CN2CCNC[C@@H]2[N+](=O)[O-])N=CCN1. The zero-order valence-corrected chi connectivity index (χ0v) is 9.35. The molecular weight excluding hydrogens is 210 g/mol. The largest absolute Gasteiger partial charge is 0.308 e. The molecule has 2 rings (SSSR count). The van der Waals surface area contributed by atoms with Gasteiger partial charge in [-0.1, -0.05) is 0 Å². The van der Waals surface area contributed by atoms with Crippen molar-refractivity contribution < 1.29 is 4.92 Å². The smallest absolute Gasteiger partial charge is 0.281 e. The van der Waals surface area contributed by atoms with Gasteiger partial charge in [-0.3, -0.25) is 20.4 Å². The third kappa shape index (κ3) is 2.37. The molecule has 2 atom stereocenters. The van der Waals surface area contributed by atoms with E-state index in [1.807, 2.05) is 18.0 Å². The maximum Gasteiger partial charge on any atom is 0.281 e. The van der Waals surface area contributed by atoms with Crippen LogP contribution >= 0.6 is 0 Å². The maximum absolute atomic E-state index is 10.9. The number of rotatable bonds is 3. The molecule has 0 aromatic heterocycles. The molecule has 2 aliphatic heterocycles. The molecule has 2 heterocycles. The first-order valence-corrected chi connectivity index (χ1v) is 5.48. The fraction of sp³-hybridized carbons (Fsp3) is 0.889. The summed E-state index contributed by atoms with van der Waals surface area (Å²) in [5, 5.41) is 17.2. The predicted octanol–water partition coefficient (Wildman–Crippen LogP) is -1.12. The molecule has 0 radical (unpaired) electrons. The molecule has 0 saturated carbocycles. The summed E-state index contributed by atoms with van der Waals surface area (Å²) in [6.45, 7) is 5.19. The molecule has 7 nitrogen and oxygen atoms in total. The van der Waals surface area contributed by atoms with Gasteiger partial charge in [-0.2, -0.15) is 0 Å². The highest BCUT2D eigenvalue weighted by molar-refractivity contribution is 5.62. The minimum Gasteiger partial charge on any atom is -0.308 e. The lowest BCUT2D eigenvalue weighted by Gasteiger charge is -2.35. The Morgan fingerprint density at radius 3 is 3.19 bits per heavy atom. The summed E-state index contributed by atoms with van der Waals surface area (Å²) in [6.07, 6.45) is 1.19. The van der Waals surface area contributed by atoms with E-state index in [0.29, 0.717) is 19.6 Å². The van der Waals surface area contributed by atoms with Crippen LogP contribution in [-0.2, 0) is 0 Å². The summed E-state index contributed by atoms with van der Waals surface area (Å²) in [5.74, 6) is 0. The van der Waals surface area contributed by atoms with Crippen LogP contribution in [-0.4, -0.2) is 60.6 Å². The van der Waals surface area contributed by atoms with E-state index in [1.165, 1.54) is 0 Å². The highest BCUT2D eigenvalue weighted by Crippen LogP contribution is 2.14. The van der Waals surface area contributed by atoms with Gasteiger partial charge in [0.2, 0.25) is 0 Å². The molecular formula is C9H17N5O2. The first-order valence-electron chi connectivity index (χ1n) is 5.48. The minimum atomic E-state index is -0.636. The van der Waals surface area contributed by atoms with Gasteiger partial charge in [0.25, 0.3) is 6.17 Å². The number of nitrogens with zero attached hydrogens (tertiary/aromatic N) is 3. The molecule has 2 aliphatic rings. The molecule has 7 heteroatoms. The van der Waals surface area contributed by atoms with Gasteiger partial charge in [0.15, 0.2) is 0 Å². The van der Waals surface area contributed by atoms with Crippen molar-refractivity contribution in [2.45, 2.75) is 18.8 Å². The Hall–Kier alpha value is -1.05. The zero-order valence-electron chi connectivity index (χ0n) is 9.35. The zero-order chi connectivity index (χ0) is 11.6. The number of hydrogen-bond acceptors (Lipinski definition) is 6. The van der Waals surface area contributed by atoms with Crippen LogP contribution in [0.3, 0.4) is 0 Å². The van der Waals surface area contributed by atoms with E-state index >= 15 is 0 Å². The lowest BCUT2D eigenvalue weighted by Crippen LogP contribution is -2.59. The Morgan fingerprint density at radius 2 is 2.56 bits per heavy atom. The Labute approximate surface area is 94.1 Å². The van der Waals surface area contributed by atoms with Gasteiger partial charge < -0.3 is 5.32 Å². The molecule has 1 fully saturated rings. The highest BCUT2D eigenvalue weighted by atomic mass is 16.6. The number of nitrogens with one attached hydrogen (secondary N) is 2. The quantitative estimate of drug-likeness (QED) is 0.471. The van der Waals surface area contributed by atoms with E-state index < -0.39 is 6.17 Å². The highest BCUT2D eigenvalue weighted by Gasteiger charge is 2.37. The molecule has 0 spiro atoms. The van der Waals surface area contributed by atoms with Crippen molar-refractivity contribution in [2.24, 2.45) is 4.99 Å². The predicted molar refractivity (Wildman–Crippen MR) is 60.1 cm³/mol. The second kappa shape index (κ2) is 4.44. The summed E-state index contributed by atoms with van der Waals surface area (Å²) >= 11 is 0. The van der Waals surface area contributed by atoms with Crippen LogP contribution in [0.1, 0.15) is 6.92 Å². The van der Waals surface area contributed by atoms with Crippen LogP contribution in [0.5, 0.6) is 0 Å². The van der Waals surface area contributed by atoms with Crippen molar-refractivity contribution in [3.8, 4) is 0 Å². The van der Waals surface area contributed by atoms with Gasteiger partial charge in [0, 0.05) is 37.3 Å². The number of aliphatic imine (C=N–C) groups is 1. The Balaban J connectivity index is 2.01. The first kappa shape index (κ1) is 11.4. The van der Waals surface area contributed by atoms with Gasteiger partial charge in [-0.05, 0) is 6.92 Å². The van der Waals surface area contributed by atoms with Crippen LogP contribution in [0.4, 0.5) is 0 Å². The number of hydrogen-bond donors (Lipinski definition) is 2. The molecule has 0 amide bonds. The minimum absolute atomic E-state index is 0.228. The summed E-state index contributed by atoms with van der Waals surface area (Å²) in [7, 11) is 0. The van der Waals surface area contributed by atoms with Crippen molar-refractivity contribution in [1.29, 1.82) is 0 Å². The van der Waals surface area contributed by atoms with Gasteiger partial charge >= 0.3 is 0 Å². The van der Waals surface area contributed by atoms with Crippen molar-refractivity contribution in [2.75, 3.05) is 32.7 Å². The molecule has 1 saturated heterocycles. The molecule has 0 aliphatic carbocycles. The molecule has 1 unspecified atom stereocenters. The molecule has 0 aromatic carbocycles. The molecule has 16 heavy (non-hydrogen) atoms. The van der Waals surface area contributed by atoms with E-state index in [0.717, 1.165) is 13.1 Å². The van der Waals surface area contributed by atoms with Gasteiger partial charge in [0.1, 0.15) is 5.66 Å². The van der Waals surface area contributed by atoms with Crippen molar-refractivity contribution in [3.05, 3.63) is 10.1 Å².